The number of hydrogen-bond acceptors (Lipinski definition) is 5. The minimum atomic E-state index is 0.247. The second-order valence-electron chi connectivity index (χ2n) is 4.83. The maximum Gasteiger partial charge on any atom is 0.156 e. The highest BCUT2D eigenvalue weighted by Crippen LogP contribution is 2.16. The molecule has 0 aromatic rings. The van der Waals surface area contributed by atoms with Gasteiger partial charge < -0.3 is 19.7 Å². The molecule has 2 rings (SSSR count). The van der Waals surface area contributed by atoms with E-state index in [1.54, 1.807) is 18.9 Å². The molecule has 18 heavy (non-hydrogen) atoms. The van der Waals surface area contributed by atoms with Crippen molar-refractivity contribution in [3.63, 3.8) is 0 Å². The van der Waals surface area contributed by atoms with E-state index in [-0.39, 0.29) is 6.10 Å². The van der Waals surface area contributed by atoms with Crippen molar-refractivity contribution in [2.75, 3.05) is 52.8 Å². The largest absolute Gasteiger partial charge is 0.385 e. The molecular weight excluding hydrogens is 250 g/mol. The van der Waals surface area contributed by atoms with Gasteiger partial charge in [0.15, 0.2) is 5.17 Å². The van der Waals surface area contributed by atoms with Gasteiger partial charge in [0.25, 0.3) is 0 Å². The number of amidine groups is 1. The lowest BCUT2D eigenvalue weighted by molar-refractivity contribution is -0.0135. The van der Waals surface area contributed by atoms with Crippen molar-refractivity contribution < 1.29 is 9.47 Å². The van der Waals surface area contributed by atoms with Gasteiger partial charge in [0.1, 0.15) is 0 Å². The number of likely N-dealkylation sites (N-methyl/N-ethyl adjacent to an activating group) is 1. The molecule has 0 bridgehead atoms. The van der Waals surface area contributed by atoms with Gasteiger partial charge in [-0.05, 0) is 13.5 Å². The number of methoxy groups -OCH3 is 1. The van der Waals surface area contributed by atoms with Gasteiger partial charge in [-0.3, -0.25) is 4.99 Å². The summed E-state index contributed by atoms with van der Waals surface area (Å²) in [5.74, 6) is 1.09. The Morgan fingerprint density at radius 1 is 1.61 bits per heavy atom. The molecule has 2 heterocycles. The van der Waals surface area contributed by atoms with Gasteiger partial charge >= 0.3 is 0 Å². The number of thioether (sulfide) groups is 1. The zero-order valence-electron chi connectivity index (χ0n) is 11.2. The van der Waals surface area contributed by atoms with Crippen LogP contribution in [0.3, 0.4) is 0 Å². The van der Waals surface area contributed by atoms with Gasteiger partial charge in [0, 0.05) is 38.6 Å². The van der Waals surface area contributed by atoms with Crippen molar-refractivity contribution in [1.29, 1.82) is 0 Å². The third kappa shape index (κ3) is 4.42. The first-order valence-corrected chi connectivity index (χ1v) is 7.49. The van der Waals surface area contributed by atoms with Crippen LogP contribution in [-0.2, 0) is 9.47 Å². The van der Waals surface area contributed by atoms with E-state index in [9.17, 15) is 0 Å². The molecule has 2 aliphatic rings. The highest BCUT2D eigenvalue weighted by molar-refractivity contribution is 8.14. The van der Waals surface area contributed by atoms with Gasteiger partial charge in [-0.1, -0.05) is 11.8 Å². The SMILES string of the molecule is COCCC1CSC(=NCC2CN(C)CCO2)N1. The number of morpholine rings is 1. The van der Waals surface area contributed by atoms with E-state index in [0.29, 0.717) is 6.04 Å². The molecule has 2 saturated heterocycles. The third-order valence-electron chi connectivity index (χ3n) is 3.20. The first-order chi connectivity index (χ1) is 8.78. The summed E-state index contributed by atoms with van der Waals surface area (Å²) in [7, 11) is 3.88. The van der Waals surface area contributed by atoms with E-state index < -0.39 is 0 Å². The topological polar surface area (TPSA) is 46.1 Å². The fourth-order valence-electron chi connectivity index (χ4n) is 2.11. The van der Waals surface area contributed by atoms with Gasteiger partial charge in [-0.25, -0.2) is 0 Å². The van der Waals surface area contributed by atoms with Crippen LogP contribution in [0.5, 0.6) is 0 Å². The number of nitrogens with one attached hydrogen (secondary N) is 1. The zero-order valence-corrected chi connectivity index (χ0v) is 12.0. The molecule has 0 spiro atoms. The Balaban J connectivity index is 1.70. The summed E-state index contributed by atoms with van der Waals surface area (Å²) in [6.07, 6.45) is 1.29. The van der Waals surface area contributed by atoms with Crippen LogP contribution in [0, 0.1) is 0 Å². The predicted octanol–water partition coefficient (Wildman–Crippen LogP) is 0.415. The summed E-state index contributed by atoms with van der Waals surface area (Å²) in [6.45, 7) is 4.40. The van der Waals surface area contributed by atoms with Crippen LogP contribution in [0.15, 0.2) is 4.99 Å². The van der Waals surface area contributed by atoms with Crippen LogP contribution >= 0.6 is 11.8 Å². The minimum absolute atomic E-state index is 0.247. The minimum Gasteiger partial charge on any atom is -0.385 e. The average molecular weight is 273 g/mol. The first kappa shape index (κ1) is 14.1. The second-order valence-corrected chi connectivity index (χ2v) is 5.84. The summed E-state index contributed by atoms with van der Waals surface area (Å²) in [6, 6.07) is 0.503. The van der Waals surface area contributed by atoms with Gasteiger partial charge in [0.2, 0.25) is 0 Å². The smallest absolute Gasteiger partial charge is 0.156 e. The van der Waals surface area contributed by atoms with Gasteiger partial charge in [-0.2, -0.15) is 0 Å². The quantitative estimate of drug-likeness (QED) is 0.786. The van der Waals surface area contributed by atoms with Crippen LogP contribution in [0.2, 0.25) is 0 Å². The zero-order chi connectivity index (χ0) is 12.8. The van der Waals surface area contributed by atoms with Crippen LogP contribution in [0.4, 0.5) is 0 Å². The van der Waals surface area contributed by atoms with Gasteiger partial charge in [0.05, 0.1) is 19.3 Å². The molecule has 2 fully saturated rings. The van der Waals surface area contributed by atoms with Crippen molar-refractivity contribution >= 4 is 16.9 Å². The monoisotopic (exact) mass is 273 g/mol. The molecule has 6 heteroatoms. The van der Waals surface area contributed by atoms with Gasteiger partial charge in [-0.15, -0.1) is 0 Å². The third-order valence-corrected chi connectivity index (χ3v) is 4.29. The second kappa shape index (κ2) is 7.33. The van der Waals surface area contributed by atoms with E-state index in [4.69, 9.17) is 9.47 Å². The lowest BCUT2D eigenvalue weighted by atomic mass is 10.2. The summed E-state index contributed by atoms with van der Waals surface area (Å²) in [4.78, 5) is 6.91. The maximum absolute atomic E-state index is 5.69. The highest BCUT2D eigenvalue weighted by atomic mass is 32.2. The number of nitrogens with zero attached hydrogens (tertiary/aromatic N) is 2. The molecule has 0 aliphatic carbocycles. The Labute approximate surface area is 113 Å². The Morgan fingerprint density at radius 2 is 2.50 bits per heavy atom. The standard InChI is InChI=1S/C12H23N3O2S/c1-15-4-6-17-11(8-15)7-13-12-14-10(9-18-12)3-5-16-2/h10-11H,3-9H2,1-2H3,(H,13,14). The van der Waals surface area contributed by atoms with E-state index in [1.165, 1.54) is 0 Å². The number of aliphatic imine (C=N–C) groups is 1. The number of hydrogen-bond donors (Lipinski definition) is 1. The molecule has 104 valence electrons. The molecule has 0 radical (unpaired) electrons. The molecule has 0 aromatic heterocycles. The lowest BCUT2D eigenvalue weighted by Crippen LogP contribution is -2.41. The molecule has 0 aromatic carbocycles. The molecule has 0 amide bonds. The van der Waals surface area contributed by atoms with Crippen LogP contribution < -0.4 is 5.32 Å². The van der Waals surface area contributed by atoms with Crippen molar-refractivity contribution in [1.82, 2.24) is 10.2 Å². The summed E-state index contributed by atoms with van der Waals surface area (Å²) in [5.41, 5.74) is 0. The van der Waals surface area contributed by atoms with Crippen molar-refractivity contribution in [3.8, 4) is 0 Å². The fraction of sp³-hybridized carbons (Fsp3) is 0.917. The van der Waals surface area contributed by atoms with Crippen molar-refractivity contribution in [2.45, 2.75) is 18.6 Å². The molecule has 2 unspecified atom stereocenters. The van der Waals surface area contributed by atoms with Crippen LogP contribution in [-0.4, -0.2) is 75.0 Å². The fourth-order valence-corrected chi connectivity index (χ4v) is 3.13. The Morgan fingerprint density at radius 3 is 3.28 bits per heavy atom. The Hall–Kier alpha value is -0.300. The van der Waals surface area contributed by atoms with E-state index in [1.807, 2.05) is 0 Å². The number of rotatable bonds is 5. The van der Waals surface area contributed by atoms with Crippen LogP contribution in [0.1, 0.15) is 6.42 Å². The first-order valence-electron chi connectivity index (χ1n) is 6.51. The average Bonchev–Trinajstić information content (AvgIpc) is 2.82. The molecular formula is C12H23N3O2S. The molecule has 2 atom stereocenters. The van der Waals surface area contributed by atoms with Crippen LogP contribution in [0.25, 0.3) is 0 Å². The van der Waals surface area contributed by atoms with Crippen molar-refractivity contribution in [2.24, 2.45) is 4.99 Å². The lowest BCUT2D eigenvalue weighted by Gasteiger charge is -2.29. The molecule has 2 aliphatic heterocycles. The van der Waals surface area contributed by atoms with E-state index >= 15 is 0 Å². The number of ether oxygens (including phenoxy) is 2. The molecule has 5 nitrogen and oxygen atoms in total. The van der Waals surface area contributed by atoms with Crippen molar-refractivity contribution in [3.05, 3.63) is 0 Å². The summed E-state index contributed by atoms with van der Waals surface area (Å²) in [5, 5.41) is 4.50. The van der Waals surface area contributed by atoms with E-state index in [2.05, 4.69) is 22.3 Å². The molecule has 0 saturated carbocycles. The maximum atomic E-state index is 5.69. The Bertz CT molecular complexity index is 288. The Kier molecular flexibility index (Phi) is 5.75. The molecule has 1 N–H and O–H groups in total. The summed E-state index contributed by atoms with van der Waals surface area (Å²) >= 11 is 1.80. The predicted molar refractivity (Wildman–Crippen MR) is 75.4 cm³/mol. The normalized spacial score (nSPS) is 31.8. The van der Waals surface area contributed by atoms with E-state index in [0.717, 1.165) is 50.2 Å². The highest BCUT2D eigenvalue weighted by Gasteiger charge is 2.21. The summed E-state index contributed by atoms with van der Waals surface area (Å²) < 4.78 is 10.8.